The first-order chi connectivity index (χ1) is 11.5. The molecule has 1 aliphatic carbocycles. The topological polar surface area (TPSA) is 44.7 Å². The first-order valence-electron chi connectivity index (χ1n) is 8.21. The molecule has 1 unspecified atom stereocenters. The maximum Gasteiger partial charge on any atom is 0.226 e. The lowest BCUT2D eigenvalue weighted by Crippen LogP contribution is -2.34. The molecular formula is C17H21F2N3OS. The van der Waals surface area contributed by atoms with Crippen LogP contribution in [0.1, 0.15) is 32.1 Å². The summed E-state index contributed by atoms with van der Waals surface area (Å²) in [5.74, 6) is -0.910. The van der Waals surface area contributed by atoms with Crippen molar-refractivity contribution in [2.75, 3.05) is 18.1 Å². The van der Waals surface area contributed by atoms with E-state index in [4.69, 9.17) is 4.99 Å². The van der Waals surface area contributed by atoms with Gasteiger partial charge < -0.3 is 10.2 Å². The summed E-state index contributed by atoms with van der Waals surface area (Å²) in [6.07, 6.45) is 5.03. The second kappa shape index (κ2) is 7.51. The van der Waals surface area contributed by atoms with E-state index in [0.717, 1.165) is 35.9 Å². The van der Waals surface area contributed by atoms with Crippen molar-refractivity contribution >= 4 is 28.5 Å². The summed E-state index contributed by atoms with van der Waals surface area (Å²) in [7, 11) is 1.95. The number of aliphatic imine (C=N–C) groups is 1. The van der Waals surface area contributed by atoms with Gasteiger partial charge in [0.25, 0.3) is 0 Å². The van der Waals surface area contributed by atoms with Gasteiger partial charge in [0.15, 0.2) is 5.17 Å². The molecule has 1 aliphatic heterocycles. The third-order valence-electron chi connectivity index (χ3n) is 4.50. The van der Waals surface area contributed by atoms with Crippen molar-refractivity contribution in [1.29, 1.82) is 0 Å². The Morgan fingerprint density at radius 1 is 1.38 bits per heavy atom. The van der Waals surface area contributed by atoms with E-state index >= 15 is 0 Å². The molecule has 130 valence electrons. The molecule has 1 heterocycles. The van der Waals surface area contributed by atoms with Crippen LogP contribution in [0, 0.1) is 11.6 Å². The number of halogens is 2. The molecule has 1 saturated heterocycles. The van der Waals surface area contributed by atoms with Gasteiger partial charge in [0, 0.05) is 31.3 Å². The molecule has 24 heavy (non-hydrogen) atoms. The van der Waals surface area contributed by atoms with Crippen molar-refractivity contribution in [1.82, 2.24) is 4.90 Å². The number of nitrogens with one attached hydrogen (secondary N) is 1. The van der Waals surface area contributed by atoms with Gasteiger partial charge in [-0.2, -0.15) is 0 Å². The zero-order valence-corrected chi connectivity index (χ0v) is 14.4. The van der Waals surface area contributed by atoms with E-state index in [9.17, 15) is 13.6 Å². The van der Waals surface area contributed by atoms with Crippen molar-refractivity contribution in [2.24, 2.45) is 4.99 Å². The molecule has 2 fully saturated rings. The van der Waals surface area contributed by atoms with Crippen LogP contribution in [0.3, 0.4) is 0 Å². The van der Waals surface area contributed by atoms with Crippen LogP contribution < -0.4 is 5.32 Å². The summed E-state index contributed by atoms with van der Waals surface area (Å²) in [4.78, 5) is 19.0. The number of nitrogens with zero attached hydrogens (tertiary/aromatic N) is 2. The van der Waals surface area contributed by atoms with Crippen LogP contribution in [0.15, 0.2) is 23.2 Å². The lowest BCUT2D eigenvalue weighted by Gasteiger charge is -2.21. The van der Waals surface area contributed by atoms with E-state index in [0.29, 0.717) is 6.04 Å². The summed E-state index contributed by atoms with van der Waals surface area (Å²) in [6.45, 7) is 0. The minimum Gasteiger partial charge on any atom is -0.350 e. The number of amides is 1. The number of carbonyl (C=O) groups is 1. The Morgan fingerprint density at radius 2 is 2.12 bits per heavy atom. The zero-order valence-electron chi connectivity index (χ0n) is 13.6. The first-order valence-corrected chi connectivity index (χ1v) is 9.20. The Morgan fingerprint density at radius 3 is 2.83 bits per heavy atom. The highest BCUT2D eigenvalue weighted by Crippen LogP contribution is 2.29. The fraction of sp³-hybridized carbons (Fsp3) is 0.529. The largest absolute Gasteiger partial charge is 0.350 e. The molecule has 0 spiro atoms. The Bertz CT molecular complexity index is 647. The molecule has 4 nitrogen and oxygen atoms in total. The second-order valence-electron chi connectivity index (χ2n) is 6.30. The van der Waals surface area contributed by atoms with Crippen molar-refractivity contribution in [3.05, 3.63) is 29.8 Å². The highest BCUT2D eigenvalue weighted by Gasteiger charge is 2.30. The third-order valence-corrected chi connectivity index (χ3v) is 5.70. The fourth-order valence-electron chi connectivity index (χ4n) is 3.06. The molecule has 1 aromatic carbocycles. The second-order valence-corrected chi connectivity index (χ2v) is 7.29. The van der Waals surface area contributed by atoms with Gasteiger partial charge in [-0.3, -0.25) is 9.79 Å². The Kier molecular flexibility index (Phi) is 5.38. The molecule has 1 atom stereocenters. The normalized spacial score (nSPS) is 23.2. The summed E-state index contributed by atoms with van der Waals surface area (Å²) < 4.78 is 26.5. The van der Waals surface area contributed by atoms with Crippen LogP contribution in [0.2, 0.25) is 0 Å². The minimum absolute atomic E-state index is 0.00884. The smallest absolute Gasteiger partial charge is 0.226 e. The maximum atomic E-state index is 13.6. The average molecular weight is 353 g/mol. The van der Waals surface area contributed by atoms with Gasteiger partial charge in [0.05, 0.1) is 11.7 Å². The molecule has 2 aliphatic rings. The van der Waals surface area contributed by atoms with E-state index < -0.39 is 11.6 Å². The van der Waals surface area contributed by atoms with Crippen LogP contribution >= 0.6 is 11.8 Å². The predicted octanol–water partition coefficient (Wildman–Crippen LogP) is 3.64. The molecular weight excluding hydrogens is 332 g/mol. The van der Waals surface area contributed by atoms with Gasteiger partial charge in [-0.1, -0.05) is 24.6 Å². The van der Waals surface area contributed by atoms with Crippen molar-refractivity contribution in [2.45, 2.75) is 44.2 Å². The van der Waals surface area contributed by atoms with Gasteiger partial charge in [-0.05, 0) is 25.0 Å². The standard InChI is InChI=1S/C17H21F2N3OS/c1-22-13(10-24-17(22)20-12-4-2-3-5-12)9-16(23)21-15-7-6-11(18)8-14(15)19/h6-8,12-13H,2-5,9-10H2,1H3,(H,21,23). The lowest BCUT2D eigenvalue weighted by molar-refractivity contribution is -0.116. The van der Waals surface area contributed by atoms with Crippen LogP contribution in [-0.2, 0) is 4.79 Å². The van der Waals surface area contributed by atoms with E-state index in [-0.39, 0.29) is 24.1 Å². The molecule has 1 amide bonds. The number of carbonyl (C=O) groups excluding carboxylic acids is 1. The van der Waals surface area contributed by atoms with Crippen molar-refractivity contribution in [3.63, 3.8) is 0 Å². The summed E-state index contributed by atoms with van der Waals surface area (Å²) >= 11 is 1.67. The van der Waals surface area contributed by atoms with Crippen LogP contribution in [0.5, 0.6) is 0 Å². The van der Waals surface area contributed by atoms with E-state index in [1.807, 2.05) is 11.9 Å². The SMILES string of the molecule is CN1C(=NC2CCCC2)SCC1CC(=O)Nc1ccc(F)cc1F. The summed E-state index contributed by atoms with van der Waals surface area (Å²) in [5.41, 5.74) is 0.00884. The molecule has 1 saturated carbocycles. The number of thioether (sulfide) groups is 1. The zero-order chi connectivity index (χ0) is 17.1. The number of amidine groups is 1. The number of hydrogen-bond acceptors (Lipinski definition) is 3. The Labute approximate surface area is 144 Å². The van der Waals surface area contributed by atoms with Gasteiger partial charge in [0.1, 0.15) is 11.6 Å². The number of rotatable bonds is 4. The molecule has 0 bridgehead atoms. The molecule has 7 heteroatoms. The quantitative estimate of drug-likeness (QED) is 0.899. The van der Waals surface area contributed by atoms with Crippen molar-refractivity contribution < 1.29 is 13.6 Å². The van der Waals surface area contributed by atoms with E-state index in [1.54, 1.807) is 11.8 Å². The van der Waals surface area contributed by atoms with Gasteiger partial charge >= 0.3 is 0 Å². The molecule has 3 rings (SSSR count). The monoisotopic (exact) mass is 353 g/mol. The Hall–Kier alpha value is -1.63. The maximum absolute atomic E-state index is 13.6. The fourth-order valence-corrected chi connectivity index (χ4v) is 4.32. The predicted molar refractivity (Wildman–Crippen MR) is 93.3 cm³/mol. The van der Waals surface area contributed by atoms with E-state index in [1.165, 1.54) is 18.9 Å². The molecule has 0 aromatic heterocycles. The van der Waals surface area contributed by atoms with Crippen molar-refractivity contribution in [3.8, 4) is 0 Å². The molecule has 0 radical (unpaired) electrons. The number of hydrogen-bond donors (Lipinski definition) is 1. The number of anilines is 1. The van der Waals surface area contributed by atoms with Crippen LogP contribution in [0.25, 0.3) is 0 Å². The van der Waals surface area contributed by atoms with Crippen LogP contribution in [0.4, 0.5) is 14.5 Å². The highest BCUT2D eigenvalue weighted by atomic mass is 32.2. The first kappa shape index (κ1) is 17.2. The van der Waals surface area contributed by atoms with Crippen LogP contribution in [-0.4, -0.2) is 40.9 Å². The highest BCUT2D eigenvalue weighted by molar-refractivity contribution is 8.14. The lowest BCUT2D eigenvalue weighted by atomic mass is 10.2. The third kappa shape index (κ3) is 4.06. The Balaban J connectivity index is 1.56. The molecule has 1 N–H and O–H groups in total. The van der Waals surface area contributed by atoms with Gasteiger partial charge in [0.2, 0.25) is 5.91 Å². The average Bonchev–Trinajstić information content (AvgIpc) is 3.16. The van der Waals surface area contributed by atoms with E-state index in [2.05, 4.69) is 5.32 Å². The van der Waals surface area contributed by atoms with Gasteiger partial charge in [-0.15, -0.1) is 0 Å². The summed E-state index contributed by atoms with van der Waals surface area (Å²) in [5, 5.41) is 3.51. The number of benzene rings is 1. The minimum atomic E-state index is -0.763. The summed E-state index contributed by atoms with van der Waals surface area (Å²) in [6, 6.07) is 3.58. The molecule has 1 aromatic rings. The van der Waals surface area contributed by atoms with Gasteiger partial charge in [-0.25, -0.2) is 8.78 Å².